The van der Waals surface area contributed by atoms with Crippen LogP contribution in [0.1, 0.15) is 0 Å². The SMILES string of the molecule is COC(=O)/C(=C\C(=O)O)P(=O)(O)O. The van der Waals surface area contributed by atoms with Crippen LogP contribution in [-0.4, -0.2) is 33.9 Å². The number of hydrogen-bond donors (Lipinski definition) is 3. The fourth-order valence-corrected chi connectivity index (χ4v) is 1.09. The predicted octanol–water partition coefficient (Wildman–Crippen LogP) is -0.694. The molecule has 0 heterocycles. The Hall–Kier alpha value is -1.17. The Labute approximate surface area is 72.8 Å². The number of carboxylic acids is 1. The first-order valence-corrected chi connectivity index (χ1v) is 4.49. The van der Waals surface area contributed by atoms with Gasteiger partial charge in [0.25, 0.3) is 0 Å². The fraction of sp³-hybridized carbons (Fsp3) is 0.200. The minimum atomic E-state index is -4.90. The third kappa shape index (κ3) is 3.84. The molecule has 0 spiro atoms. The van der Waals surface area contributed by atoms with Crippen molar-refractivity contribution in [3.05, 3.63) is 11.4 Å². The van der Waals surface area contributed by atoms with Crippen LogP contribution in [0.5, 0.6) is 0 Å². The van der Waals surface area contributed by atoms with Crippen molar-refractivity contribution in [2.45, 2.75) is 0 Å². The molecule has 3 N–H and O–H groups in total. The summed E-state index contributed by atoms with van der Waals surface area (Å²) in [6.07, 6.45) is 0.118. The molecular weight excluding hydrogens is 203 g/mol. The Morgan fingerprint density at radius 2 is 1.85 bits per heavy atom. The molecule has 0 aliphatic heterocycles. The second-order valence-corrected chi connectivity index (χ2v) is 3.47. The average molecular weight is 210 g/mol. The zero-order valence-corrected chi connectivity index (χ0v) is 7.39. The summed E-state index contributed by atoms with van der Waals surface area (Å²) in [7, 11) is -4.01. The predicted molar refractivity (Wildman–Crippen MR) is 39.8 cm³/mol. The number of esters is 1. The molecule has 0 unspecified atom stereocenters. The summed E-state index contributed by atoms with van der Waals surface area (Å²) >= 11 is 0. The normalized spacial score (nSPS) is 12.4. The lowest BCUT2D eigenvalue weighted by Crippen LogP contribution is -2.07. The van der Waals surface area contributed by atoms with E-state index in [1.54, 1.807) is 0 Å². The molecule has 74 valence electrons. The molecule has 13 heavy (non-hydrogen) atoms. The maximum Gasteiger partial charge on any atom is 0.363 e. The standard InChI is InChI=1S/C5H7O7P/c1-12-5(8)3(2-4(6)7)13(9,10)11/h2H,1H3,(H,6,7)(H2,9,10,11)/b3-2+. The van der Waals surface area contributed by atoms with Crippen molar-refractivity contribution in [1.29, 1.82) is 0 Å². The van der Waals surface area contributed by atoms with Gasteiger partial charge in [0.1, 0.15) is 0 Å². The van der Waals surface area contributed by atoms with Gasteiger partial charge in [-0.05, 0) is 0 Å². The number of carboxylic acid groups (broad SMARTS) is 1. The highest BCUT2D eigenvalue weighted by Gasteiger charge is 2.29. The van der Waals surface area contributed by atoms with Crippen molar-refractivity contribution in [3.63, 3.8) is 0 Å². The molecule has 0 rings (SSSR count). The van der Waals surface area contributed by atoms with E-state index in [1.807, 2.05) is 0 Å². The quantitative estimate of drug-likeness (QED) is 0.320. The first kappa shape index (κ1) is 11.8. The van der Waals surface area contributed by atoms with Crippen LogP contribution in [0.3, 0.4) is 0 Å². The second kappa shape index (κ2) is 4.18. The second-order valence-electron chi connectivity index (χ2n) is 1.90. The first-order valence-electron chi connectivity index (χ1n) is 2.88. The number of rotatable bonds is 3. The smallest absolute Gasteiger partial charge is 0.363 e. The molecule has 8 heteroatoms. The Morgan fingerprint density at radius 3 is 2.08 bits per heavy atom. The summed E-state index contributed by atoms with van der Waals surface area (Å²) in [6, 6.07) is 0. The zero-order valence-electron chi connectivity index (χ0n) is 6.50. The zero-order chi connectivity index (χ0) is 10.6. The summed E-state index contributed by atoms with van der Waals surface area (Å²) in [4.78, 5) is 37.7. The minimum absolute atomic E-state index is 0.118. The maximum atomic E-state index is 10.6. The number of aliphatic carboxylic acids is 1. The van der Waals surface area contributed by atoms with E-state index in [-0.39, 0.29) is 6.08 Å². The molecule has 0 aromatic heterocycles. The molecule has 0 aromatic carbocycles. The van der Waals surface area contributed by atoms with Gasteiger partial charge in [-0.3, -0.25) is 4.57 Å². The number of ether oxygens (including phenoxy) is 1. The van der Waals surface area contributed by atoms with Crippen LogP contribution in [0.15, 0.2) is 11.4 Å². The topological polar surface area (TPSA) is 121 Å². The molecule has 0 aliphatic carbocycles. The van der Waals surface area contributed by atoms with Crippen LogP contribution in [0.25, 0.3) is 0 Å². The van der Waals surface area contributed by atoms with E-state index in [0.717, 1.165) is 7.11 Å². The molecule has 0 aromatic rings. The van der Waals surface area contributed by atoms with Gasteiger partial charge in [0.2, 0.25) is 0 Å². The maximum absolute atomic E-state index is 10.6. The van der Waals surface area contributed by atoms with E-state index in [2.05, 4.69) is 4.74 Å². The summed E-state index contributed by atoms with van der Waals surface area (Å²) in [5, 5.41) is 6.99. The van der Waals surface area contributed by atoms with Gasteiger partial charge in [-0.2, -0.15) is 0 Å². The Morgan fingerprint density at radius 1 is 1.38 bits per heavy atom. The van der Waals surface area contributed by atoms with Gasteiger partial charge in [-0.1, -0.05) is 0 Å². The van der Waals surface area contributed by atoms with E-state index in [1.165, 1.54) is 0 Å². The van der Waals surface area contributed by atoms with Crippen molar-refractivity contribution in [1.82, 2.24) is 0 Å². The molecule has 7 nitrogen and oxygen atoms in total. The van der Waals surface area contributed by atoms with Gasteiger partial charge in [0.15, 0.2) is 5.31 Å². The van der Waals surface area contributed by atoms with Crippen molar-refractivity contribution in [3.8, 4) is 0 Å². The van der Waals surface area contributed by atoms with Crippen LogP contribution in [0.2, 0.25) is 0 Å². The fourth-order valence-electron chi connectivity index (χ4n) is 0.483. The molecule has 0 radical (unpaired) electrons. The number of carbonyl (C=O) groups is 2. The summed E-state index contributed by atoms with van der Waals surface area (Å²) in [5.74, 6) is -3.00. The molecular formula is C5H7O7P. The summed E-state index contributed by atoms with van der Waals surface area (Å²) in [6.45, 7) is 0. The lowest BCUT2D eigenvalue weighted by molar-refractivity contribution is -0.136. The Kier molecular flexibility index (Phi) is 3.80. The van der Waals surface area contributed by atoms with Crippen LogP contribution >= 0.6 is 7.60 Å². The highest BCUT2D eigenvalue weighted by atomic mass is 31.2. The van der Waals surface area contributed by atoms with Gasteiger partial charge in [-0.15, -0.1) is 0 Å². The molecule has 0 aliphatic rings. The molecule has 0 bridgehead atoms. The van der Waals surface area contributed by atoms with Gasteiger partial charge >= 0.3 is 19.5 Å². The van der Waals surface area contributed by atoms with Gasteiger partial charge in [0, 0.05) is 6.08 Å². The minimum Gasteiger partial charge on any atom is -0.478 e. The lowest BCUT2D eigenvalue weighted by Gasteiger charge is -2.05. The molecule has 0 saturated carbocycles. The average Bonchev–Trinajstić information content (AvgIpc) is 1.96. The monoisotopic (exact) mass is 210 g/mol. The van der Waals surface area contributed by atoms with E-state index in [9.17, 15) is 14.2 Å². The van der Waals surface area contributed by atoms with Crippen LogP contribution in [0.4, 0.5) is 0 Å². The highest BCUT2D eigenvalue weighted by Crippen LogP contribution is 2.45. The molecule has 0 saturated heterocycles. The summed E-state index contributed by atoms with van der Waals surface area (Å²) < 4.78 is 14.5. The van der Waals surface area contributed by atoms with Crippen LogP contribution in [-0.2, 0) is 18.9 Å². The number of carbonyl (C=O) groups excluding carboxylic acids is 1. The molecule has 0 fully saturated rings. The van der Waals surface area contributed by atoms with Gasteiger partial charge in [0.05, 0.1) is 7.11 Å². The largest absolute Gasteiger partial charge is 0.478 e. The third-order valence-electron chi connectivity index (χ3n) is 0.969. The number of methoxy groups -OCH3 is 1. The van der Waals surface area contributed by atoms with Gasteiger partial charge in [-0.25, -0.2) is 9.59 Å². The van der Waals surface area contributed by atoms with Gasteiger partial charge < -0.3 is 19.6 Å². The number of hydrogen-bond acceptors (Lipinski definition) is 4. The molecule has 0 amide bonds. The van der Waals surface area contributed by atoms with E-state index >= 15 is 0 Å². The lowest BCUT2D eigenvalue weighted by atomic mass is 10.5. The highest BCUT2D eigenvalue weighted by molar-refractivity contribution is 7.58. The van der Waals surface area contributed by atoms with E-state index in [0.29, 0.717) is 0 Å². The van der Waals surface area contributed by atoms with E-state index < -0.39 is 24.8 Å². The van der Waals surface area contributed by atoms with Crippen LogP contribution < -0.4 is 0 Å². The van der Waals surface area contributed by atoms with Crippen molar-refractivity contribution in [2.24, 2.45) is 0 Å². The van der Waals surface area contributed by atoms with Crippen molar-refractivity contribution in [2.75, 3.05) is 7.11 Å². The van der Waals surface area contributed by atoms with Crippen LogP contribution in [0, 0.1) is 0 Å². The van der Waals surface area contributed by atoms with E-state index in [4.69, 9.17) is 14.9 Å². The summed E-state index contributed by atoms with van der Waals surface area (Å²) in [5.41, 5.74) is 0. The molecule has 0 atom stereocenters. The Bertz CT molecular complexity index is 298. The third-order valence-corrected chi connectivity index (χ3v) is 1.91. The first-order chi connectivity index (χ1) is 5.79. The Balaban J connectivity index is 5.12. The van der Waals surface area contributed by atoms with Crippen molar-refractivity contribution >= 4 is 19.5 Å². The van der Waals surface area contributed by atoms with Crippen molar-refractivity contribution < 1.29 is 33.8 Å².